The molecule has 7 nitrogen and oxygen atoms in total. The van der Waals surface area contributed by atoms with E-state index in [0.29, 0.717) is 34.3 Å². The van der Waals surface area contributed by atoms with Gasteiger partial charge in [0.25, 0.3) is 5.91 Å². The molecular weight excluding hydrogens is 334 g/mol. The number of benzene rings is 1. The Morgan fingerprint density at radius 3 is 2.75 bits per heavy atom. The maximum absolute atomic E-state index is 12.5. The summed E-state index contributed by atoms with van der Waals surface area (Å²) in [5.41, 5.74) is 1.50. The molecule has 0 spiro atoms. The van der Waals surface area contributed by atoms with Crippen molar-refractivity contribution in [3.05, 3.63) is 34.5 Å². The molecule has 1 atom stereocenters. The van der Waals surface area contributed by atoms with Crippen molar-refractivity contribution in [2.75, 3.05) is 25.6 Å². The Hall–Kier alpha value is -2.25. The van der Waals surface area contributed by atoms with E-state index in [0.717, 1.165) is 0 Å². The molecule has 0 fully saturated rings. The number of carbonyl (C=O) groups is 2. The monoisotopic (exact) mass is 351 g/mol. The second-order valence-electron chi connectivity index (χ2n) is 5.19. The lowest BCUT2D eigenvalue weighted by Crippen LogP contribution is -2.31. The number of carbonyl (C=O) groups excluding carboxylic acids is 2. The molecule has 0 aliphatic carbocycles. The van der Waals surface area contributed by atoms with E-state index < -0.39 is 17.7 Å². The first-order valence-corrected chi connectivity index (χ1v) is 7.67. The van der Waals surface area contributed by atoms with Gasteiger partial charge in [0.1, 0.15) is 12.5 Å². The van der Waals surface area contributed by atoms with Crippen LogP contribution in [0.15, 0.2) is 39.7 Å². The van der Waals surface area contributed by atoms with Crippen LogP contribution in [0, 0.1) is 5.92 Å². The number of halogens is 1. The van der Waals surface area contributed by atoms with E-state index in [2.05, 4.69) is 15.5 Å². The van der Waals surface area contributed by atoms with Crippen LogP contribution in [0.5, 0.6) is 5.75 Å². The number of nitrogens with one attached hydrogen (secondary N) is 1. The number of para-hydroxylation sites is 1. The lowest BCUT2D eigenvalue weighted by Gasteiger charge is -2.19. The average molecular weight is 352 g/mol. The van der Waals surface area contributed by atoms with Gasteiger partial charge in [0.15, 0.2) is 5.75 Å². The number of anilines is 1. The number of hydrogen-bond donors (Lipinski definition) is 1. The molecule has 0 saturated heterocycles. The van der Waals surface area contributed by atoms with Crippen LogP contribution in [0.3, 0.4) is 0 Å². The summed E-state index contributed by atoms with van der Waals surface area (Å²) in [6.45, 7) is 4.03. The number of azo groups is 1. The number of ether oxygens (including phenoxy) is 2. The van der Waals surface area contributed by atoms with E-state index in [4.69, 9.17) is 21.1 Å². The van der Waals surface area contributed by atoms with E-state index in [-0.39, 0.29) is 6.61 Å². The molecule has 1 aromatic carbocycles. The Bertz CT molecular complexity index is 715. The summed E-state index contributed by atoms with van der Waals surface area (Å²) in [7, 11) is 1.55. The van der Waals surface area contributed by atoms with Crippen molar-refractivity contribution in [3.8, 4) is 5.75 Å². The second-order valence-corrected chi connectivity index (χ2v) is 5.59. The second kappa shape index (κ2) is 8.03. The Morgan fingerprint density at radius 2 is 2.04 bits per heavy atom. The first kappa shape index (κ1) is 18.1. The minimum atomic E-state index is -1.01. The van der Waals surface area contributed by atoms with E-state index in [1.807, 2.05) is 0 Å². The summed E-state index contributed by atoms with van der Waals surface area (Å²) >= 11 is 6.13. The quantitative estimate of drug-likeness (QED) is 0.629. The van der Waals surface area contributed by atoms with Crippen LogP contribution in [0.4, 0.5) is 5.69 Å². The summed E-state index contributed by atoms with van der Waals surface area (Å²) in [5, 5.41) is 10.3. The SMILES string of the molecule is COCCOc1c(Cl)cccc1NC(=O)C1C(=O)N=NC(C)=C1C. The third kappa shape index (κ3) is 3.98. The third-order valence-corrected chi connectivity index (χ3v) is 3.87. The van der Waals surface area contributed by atoms with Gasteiger partial charge in [-0.15, -0.1) is 5.11 Å². The van der Waals surface area contributed by atoms with Gasteiger partial charge in [-0.05, 0) is 31.6 Å². The number of hydrogen-bond acceptors (Lipinski definition) is 5. The third-order valence-electron chi connectivity index (χ3n) is 3.57. The first-order chi connectivity index (χ1) is 11.5. The molecule has 0 saturated carbocycles. The summed E-state index contributed by atoms with van der Waals surface area (Å²) in [4.78, 5) is 24.5. The van der Waals surface area contributed by atoms with E-state index in [9.17, 15) is 9.59 Å². The predicted octanol–water partition coefficient (Wildman–Crippen LogP) is 3.21. The van der Waals surface area contributed by atoms with E-state index in [1.54, 1.807) is 39.2 Å². The van der Waals surface area contributed by atoms with Crippen LogP contribution in [-0.4, -0.2) is 32.1 Å². The average Bonchev–Trinajstić information content (AvgIpc) is 2.54. The van der Waals surface area contributed by atoms with Crippen LogP contribution >= 0.6 is 11.6 Å². The van der Waals surface area contributed by atoms with Gasteiger partial charge in [-0.1, -0.05) is 17.7 Å². The number of nitrogens with zero attached hydrogens (tertiary/aromatic N) is 2. The molecule has 1 N–H and O–H groups in total. The minimum absolute atomic E-state index is 0.276. The molecule has 1 aliphatic rings. The molecule has 2 rings (SSSR count). The van der Waals surface area contributed by atoms with Gasteiger partial charge in [0.2, 0.25) is 5.91 Å². The molecule has 0 bridgehead atoms. The Labute approximate surface area is 144 Å². The number of allylic oxidation sites excluding steroid dienone is 1. The molecular formula is C16H18ClN3O4. The predicted molar refractivity (Wildman–Crippen MR) is 89.2 cm³/mol. The molecule has 128 valence electrons. The van der Waals surface area contributed by atoms with Gasteiger partial charge in [0, 0.05) is 7.11 Å². The maximum Gasteiger partial charge on any atom is 0.281 e. The van der Waals surface area contributed by atoms with Gasteiger partial charge in [-0.2, -0.15) is 5.11 Å². The van der Waals surface area contributed by atoms with Crippen LogP contribution in [-0.2, 0) is 14.3 Å². The smallest absolute Gasteiger partial charge is 0.281 e. The highest BCUT2D eigenvalue weighted by Gasteiger charge is 2.32. The zero-order chi connectivity index (χ0) is 17.7. The first-order valence-electron chi connectivity index (χ1n) is 7.29. The molecule has 2 amide bonds. The fourth-order valence-electron chi connectivity index (χ4n) is 2.15. The standard InChI is InChI=1S/C16H18ClN3O4/c1-9-10(2)19-20-16(22)13(9)15(21)18-12-6-4-5-11(17)14(12)24-8-7-23-3/h4-6,13H,7-8H2,1-3H3,(H,18,21). The maximum atomic E-state index is 12.5. The Balaban J connectivity index is 2.21. The van der Waals surface area contributed by atoms with Gasteiger partial charge in [-0.25, -0.2) is 0 Å². The van der Waals surface area contributed by atoms with Crippen molar-refractivity contribution >= 4 is 29.1 Å². The fourth-order valence-corrected chi connectivity index (χ4v) is 2.38. The molecule has 8 heteroatoms. The van der Waals surface area contributed by atoms with Gasteiger partial charge < -0.3 is 14.8 Å². The van der Waals surface area contributed by atoms with E-state index >= 15 is 0 Å². The largest absolute Gasteiger partial charge is 0.487 e. The van der Waals surface area contributed by atoms with Crippen molar-refractivity contribution in [2.45, 2.75) is 13.8 Å². The van der Waals surface area contributed by atoms with Crippen molar-refractivity contribution in [3.63, 3.8) is 0 Å². The van der Waals surface area contributed by atoms with E-state index in [1.165, 1.54) is 0 Å². The Kier molecular flexibility index (Phi) is 6.05. The van der Waals surface area contributed by atoms with Crippen molar-refractivity contribution in [2.24, 2.45) is 16.1 Å². The molecule has 1 aromatic rings. The van der Waals surface area contributed by atoms with Gasteiger partial charge in [0.05, 0.1) is 23.0 Å². The summed E-state index contributed by atoms with van der Waals surface area (Å²) < 4.78 is 10.5. The highest BCUT2D eigenvalue weighted by atomic mass is 35.5. The summed E-state index contributed by atoms with van der Waals surface area (Å²) in [6.07, 6.45) is 0. The molecule has 1 heterocycles. The van der Waals surface area contributed by atoms with Crippen LogP contribution in [0.1, 0.15) is 13.8 Å². The number of amides is 2. The van der Waals surface area contributed by atoms with Crippen molar-refractivity contribution in [1.29, 1.82) is 0 Å². The minimum Gasteiger partial charge on any atom is -0.487 e. The number of methoxy groups -OCH3 is 1. The molecule has 1 unspecified atom stereocenters. The van der Waals surface area contributed by atoms with Crippen LogP contribution in [0.25, 0.3) is 0 Å². The lowest BCUT2D eigenvalue weighted by molar-refractivity contribution is -0.129. The number of rotatable bonds is 6. The summed E-state index contributed by atoms with van der Waals surface area (Å²) in [6, 6.07) is 4.97. The van der Waals surface area contributed by atoms with Crippen LogP contribution < -0.4 is 10.1 Å². The topological polar surface area (TPSA) is 89.3 Å². The molecule has 24 heavy (non-hydrogen) atoms. The summed E-state index contributed by atoms with van der Waals surface area (Å²) in [5.74, 6) is -1.78. The van der Waals surface area contributed by atoms with Gasteiger partial charge >= 0.3 is 0 Å². The van der Waals surface area contributed by atoms with Crippen molar-refractivity contribution in [1.82, 2.24) is 0 Å². The fraction of sp³-hybridized carbons (Fsp3) is 0.375. The van der Waals surface area contributed by atoms with Crippen molar-refractivity contribution < 1.29 is 19.1 Å². The molecule has 0 radical (unpaired) electrons. The zero-order valence-corrected chi connectivity index (χ0v) is 14.4. The van der Waals surface area contributed by atoms with Gasteiger partial charge in [-0.3, -0.25) is 9.59 Å². The zero-order valence-electron chi connectivity index (χ0n) is 13.6. The highest BCUT2D eigenvalue weighted by Crippen LogP contribution is 2.34. The van der Waals surface area contributed by atoms with Crippen LogP contribution in [0.2, 0.25) is 5.02 Å². The Morgan fingerprint density at radius 1 is 1.29 bits per heavy atom. The lowest BCUT2D eigenvalue weighted by atomic mass is 9.96. The molecule has 1 aliphatic heterocycles. The molecule has 0 aromatic heterocycles. The highest BCUT2D eigenvalue weighted by molar-refractivity contribution is 6.32. The normalized spacial score (nSPS) is 17.2.